The standard InChI is InChI=1S/C43H51ClN4O3S/c1-50-38-25-31-14-18-48(43(30-10-4-3-5-11-30)35(31)27-39(38)51-2)17-6-7-19-52-20-15-40(49)46-16-8-9-28-21-29-23-32(22-28)41-37(24-29)47-36-26-33(44)12-13-34(36)42(41)45/h3-5,10-13,21,25-27,29,32,43H,6-9,14-20,22-24H2,1-2H3,(H2,45,47)(H,46,49)/t29-,32-,43?/m0/s1. The molecule has 0 saturated heterocycles. The van der Waals surface area contributed by atoms with Gasteiger partial charge in [-0.1, -0.05) is 53.6 Å². The van der Waals surface area contributed by atoms with E-state index in [1.807, 2.05) is 30.0 Å². The van der Waals surface area contributed by atoms with Crippen molar-refractivity contribution in [3.63, 3.8) is 0 Å². The number of nitrogens with one attached hydrogen (secondary N) is 1. The van der Waals surface area contributed by atoms with Crippen LogP contribution >= 0.6 is 23.4 Å². The van der Waals surface area contributed by atoms with Gasteiger partial charge in [0.2, 0.25) is 5.91 Å². The predicted molar refractivity (Wildman–Crippen MR) is 215 cm³/mol. The van der Waals surface area contributed by atoms with Gasteiger partial charge in [-0.3, -0.25) is 14.7 Å². The lowest BCUT2D eigenvalue weighted by atomic mass is 9.70. The number of aromatic nitrogens is 1. The summed E-state index contributed by atoms with van der Waals surface area (Å²) in [5, 5.41) is 4.86. The molecule has 7 nitrogen and oxygen atoms in total. The van der Waals surface area contributed by atoms with E-state index >= 15 is 0 Å². The van der Waals surface area contributed by atoms with Crippen LogP contribution in [0.5, 0.6) is 11.5 Å². The molecule has 0 fully saturated rings. The van der Waals surface area contributed by atoms with Crippen LogP contribution in [-0.4, -0.2) is 61.2 Å². The summed E-state index contributed by atoms with van der Waals surface area (Å²) >= 11 is 8.13. The van der Waals surface area contributed by atoms with Crippen molar-refractivity contribution in [2.45, 2.75) is 69.7 Å². The minimum absolute atomic E-state index is 0.159. The highest BCUT2D eigenvalue weighted by Gasteiger charge is 2.34. The Labute approximate surface area is 317 Å². The molecular formula is C43H51ClN4O3S. The van der Waals surface area contributed by atoms with Crippen LogP contribution in [0.25, 0.3) is 10.9 Å². The second-order valence-corrected chi connectivity index (χ2v) is 16.2. The fraction of sp³-hybridized carbons (Fsp3) is 0.442. The Morgan fingerprint density at radius 2 is 1.85 bits per heavy atom. The first-order chi connectivity index (χ1) is 25.4. The second-order valence-electron chi connectivity index (χ2n) is 14.5. The zero-order valence-corrected chi connectivity index (χ0v) is 32.0. The molecule has 3 aliphatic rings. The molecule has 0 radical (unpaired) electrons. The van der Waals surface area contributed by atoms with Gasteiger partial charge in [0, 0.05) is 52.6 Å². The molecule has 0 spiro atoms. The summed E-state index contributed by atoms with van der Waals surface area (Å²) in [6.07, 6.45) is 11.4. The Hall–Kier alpha value is -3.72. The number of thioether (sulfide) groups is 1. The van der Waals surface area contributed by atoms with Crippen molar-refractivity contribution in [2.24, 2.45) is 5.92 Å². The zero-order chi connectivity index (χ0) is 36.0. The van der Waals surface area contributed by atoms with Gasteiger partial charge in [-0.2, -0.15) is 11.8 Å². The van der Waals surface area contributed by atoms with Crippen LogP contribution in [0.4, 0.5) is 5.69 Å². The number of rotatable bonds is 15. The molecule has 2 aliphatic carbocycles. The van der Waals surface area contributed by atoms with E-state index in [9.17, 15) is 4.79 Å². The van der Waals surface area contributed by atoms with Crippen molar-refractivity contribution in [2.75, 3.05) is 51.1 Å². The molecule has 2 bridgehead atoms. The number of ether oxygens (including phenoxy) is 2. The maximum atomic E-state index is 12.6. The molecule has 4 aromatic rings. The van der Waals surface area contributed by atoms with E-state index in [-0.39, 0.29) is 11.9 Å². The molecule has 1 amide bonds. The summed E-state index contributed by atoms with van der Waals surface area (Å²) in [5.74, 6) is 4.60. The van der Waals surface area contributed by atoms with Gasteiger partial charge in [0.25, 0.3) is 0 Å². The van der Waals surface area contributed by atoms with Crippen molar-refractivity contribution in [3.8, 4) is 11.5 Å². The molecule has 1 unspecified atom stereocenters. The molecule has 7 rings (SSSR count). The van der Waals surface area contributed by atoms with Crippen molar-refractivity contribution >= 4 is 45.9 Å². The summed E-state index contributed by atoms with van der Waals surface area (Å²) in [6, 6.07) is 21.1. The van der Waals surface area contributed by atoms with Crippen LogP contribution in [0.1, 0.15) is 84.9 Å². The van der Waals surface area contributed by atoms with Crippen LogP contribution < -0.4 is 20.5 Å². The summed E-state index contributed by atoms with van der Waals surface area (Å²) in [6.45, 7) is 2.78. The number of methoxy groups -OCH3 is 2. The van der Waals surface area contributed by atoms with E-state index < -0.39 is 0 Å². The van der Waals surface area contributed by atoms with Gasteiger partial charge < -0.3 is 20.5 Å². The number of amides is 1. The number of fused-ring (bicyclic) bond motifs is 6. The zero-order valence-electron chi connectivity index (χ0n) is 30.5. The highest BCUT2D eigenvalue weighted by atomic mass is 35.5. The molecule has 2 heterocycles. The lowest BCUT2D eigenvalue weighted by Crippen LogP contribution is -2.37. The topological polar surface area (TPSA) is 89.7 Å². The van der Waals surface area contributed by atoms with Crippen LogP contribution in [0, 0.1) is 5.92 Å². The van der Waals surface area contributed by atoms with Crippen LogP contribution in [0.2, 0.25) is 5.02 Å². The number of nitrogen functional groups attached to an aromatic ring is 1. The third-order valence-electron chi connectivity index (χ3n) is 11.1. The summed E-state index contributed by atoms with van der Waals surface area (Å²) in [4.78, 5) is 20.2. The molecule has 52 heavy (non-hydrogen) atoms. The number of carbonyl (C=O) groups excluding carboxylic acids is 1. The van der Waals surface area contributed by atoms with Gasteiger partial charge >= 0.3 is 0 Å². The third-order valence-corrected chi connectivity index (χ3v) is 12.4. The number of benzene rings is 3. The number of unbranched alkanes of at least 4 members (excludes halogenated alkanes) is 1. The summed E-state index contributed by atoms with van der Waals surface area (Å²) in [7, 11) is 3.41. The van der Waals surface area contributed by atoms with Gasteiger partial charge in [0.15, 0.2) is 11.5 Å². The van der Waals surface area contributed by atoms with Gasteiger partial charge in [0.1, 0.15) is 0 Å². The van der Waals surface area contributed by atoms with Crippen molar-refractivity contribution in [3.05, 3.63) is 105 Å². The van der Waals surface area contributed by atoms with E-state index in [1.54, 1.807) is 14.2 Å². The smallest absolute Gasteiger partial charge is 0.220 e. The van der Waals surface area contributed by atoms with Crippen LogP contribution in [0.15, 0.2) is 72.3 Å². The number of halogens is 1. The number of nitrogens with zero attached hydrogens (tertiary/aromatic N) is 2. The second kappa shape index (κ2) is 17.0. The number of nitrogens with two attached hydrogens (primary N) is 1. The highest BCUT2D eigenvalue weighted by Crippen LogP contribution is 2.47. The Kier molecular flexibility index (Phi) is 11.9. The normalized spacial score (nSPS) is 19.4. The first-order valence-corrected chi connectivity index (χ1v) is 20.4. The minimum Gasteiger partial charge on any atom is -0.493 e. The quantitative estimate of drug-likeness (QED) is 0.0930. The Bertz CT molecular complexity index is 1920. The van der Waals surface area contributed by atoms with Gasteiger partial charge in [-0.05, 0) is 123 Å². The van der Waals surface area contributed by atoms with E-state index in [4.69, 9.17) is 31.8 Å². The number of hydrogen-bond donors (Lipinski definition) is 2. The van der Waals surface area contributed by atoms with Crippen molar-refractivity contribution in [1.29, 1.82) is 0 Å². The first kappa shape index (κ1) is 36.6. The van der Waals surface area contributed by atoms with Gasteiger partial charge in [-0.25, -0.2) is 0 Å². The fourth-order valence-electron chi connectivity index (χ4n) is 8.65. The Morgan fingerprint density at radius 1 is 1.02 bits per heavy atom. The fourth-order valence-corrected chi connectivity index (χ4v) is 9.76. The van der Waals surface area contributed by atoms with E-state index in [0.29, 0.717) is 23.3 Å². The largest absolute Gasteiger partial charge is 0.493 e. The monoisotopic (exact) mass is 738 g/mol. The lowest BCUT2D eigenvalue weighted by Gasteiger charge is -2.38. The average molecular weight is 739 g/mol. The van der Waals surface area contributed by atoms with Crippen LogP contribution in [-0.2, 0) is 17.6 Å². The number of anilines is 1. The molecule has 9 heteroatoms. The first-order valence-electron chi connectivity index (χ1n) is 18.9. The van der Waals surface area contributed by atoms with Gasteiger partial charge in [0.05, 0.1) is 25.8 Å². The number of hydrogen-bond acceptors (Lipinski definition) is 7. The van der Waals surface area contributed by atoms with E-state index in [0.717, 1.165) is 116 Å². The maximum absolute atomic E-state index is 12.6. The van der Waals surface area contributed by atoms with E-state index in [2.05, 4.69) is 58.8 Å². The molecule has 1 aliphatic heterocycles. The van der Waals surface area contributed by atoms with Crippen molar-refractivity contribution in [1.82, 2.24) is 15.2 Å². The van der Waals surface area contributed by atoms with Gasteiger partial charge in [-0.15, -0.1) is 0 Å². The van der Waals surface area contributed by atoms with E-state index in [1.165, 1.54) is 27.8 Å². The highest BCUT2D eigenvalue weighted by molar-refractivity contribution is 7.99. The SMILES string of the molecule is COc1cc2c(cc1OC)C(c1ccccc1)N(CCCCSCCC(=O)NCCCC1=C[C@@H]3Cc4nc5cc(Cl)ccc5c(N)c4[C@@H](C1)C3)CC2. The maximum Gasteiger partial charge on any atom is 0.220 e. The predicted octanol–water partition coefficient (Wildman–Crippen LogP) is 8.91. The molecular weight excluding hydrogens is 688 g/mol. The van der Waals surface area contributed by atoms with Crippen molar-refractivity contribution < 1.29 is 14.3 Å². The number of carbonyl (C=O) groups is 1. The molecule has 274 valence electrons. The minimum atomic E-state index is 0.159. The average Bonchev–Trinajstić information content (AvgIpc) is 3.15. The summed E-state index contributed by atoms with van der Waals surface area (Å²) < 4.78 is 11.3. The molecule has 3 atom stereocenters. The summed E-state index contributed by atoms with van der Waals surface area (Å²) in [5.41, 5.74) is 16.3. The molecule has 3 aromatic carbocycles. The lowest BCUT2D eigenvalue weighted by molar-refractivity contribution is -0.120. The Balaban J connectivity index is 0.808. The molecule has 1 aromatic heterocycles. The molecule has 3 N–H and O–H groups in total. The third kappa shape index (κ3) is 8.24. The molecule has 0 saturated carbocycles. The number of allylic oxidation sites excluding steroid dienone is 2. The Morgan fingerprint density at radius 3 is 2.67 bits per heavy atom. The van der Waals surface area contributed by atoms with Crippen LogP contribution in [0.3, 0.4) is 0 Å². The number of pyridine rings is 1.